The van der Waals surface area contributed by atoms with E-state index in [-0.39, 0.29) is 30.7 Å². The van der Waals surface area contributed by atoms with E-state index < -0.39 is 5.97 Å². The fourth-order valence-electron chi connectivity index (χ4n) is 3.85. The Morgan fingerprint density at radius 2 is 1.81 bits per heavy atom. The second kappa shape index (κ2) is 13.4. The van der Waals surface area contributed by atoms with Gasteiger partial charge in [-0.25, -0.2) is 0 Å². The van der Waals surface area contributed by atoms with Gasteiger partial charge in [-0.05, 0) is 55.7 Å². The van der Waals surface area contributed by atoms with Crippen molar-refractivity contribution in [2.75, 3.05) is 6.54 Å². The lowest BCUT2D eigenvalue weighted by atomic mass is 9.87. The molecule has 0 amide bonds. The quantitative estimate of drug-likeness (QED) is 0.509. The minimum atomic E-state index is -0.613. The number of unbranched alkanes of at least 4 members (excludes halogenated alkanes) is 1. The van der Waals surface area contributed by atoms with Crippen molar-refractivity contribution in [3.05, 3.63) is 35.4 Å². The number of nitrogens with zero attached hydrogens (tertiary/aromatic N) is 1. The number of carboxylic acids is 1. The van der Waals surface area contributed by atoms with Crippen molar-refractivity contribution in [2.45, 2.75) is 78.3 Å². The summed E-state index contributed by atoms with van der Waals surface area (Å²) in [5, 5.41) is 9.52. The SMILES string of the molecule is CCCCC(CCC1Cc2ccccc2CN1CCC(C)C)C(=O)O.Cl.Cl. The third-order valence-corrected chi connectivity index (χ3v) is 5.56. The summed E-state index contributed by atoms with van der Waals surface area (Å²) in [6.07, 6.45) is 6.97. The Bertz CT molecular complexity index is 551. The van der Waals surface area contributed by atoms with E-state index in [1.54, 1.807) is 0 Å². The molecule has 5 heteroatoms. The Morgan fingerprint density at radius 1 is 1.15 bits per heavy atom. The van der Waals surface area contributed by atoms with Crippen LogP contribution in [0, 0.1) is 11.8 Å². The molecule has 1 aromatic carbocycles. The number of hydrogen-bond donors (Lipinski definition) is 1. The molecule has 0 saturated carbocycles. The molecule has 0 radical (unpaired) electrons. The Kier molecular flexibility index (Phi) is 13.0. The van der Waals surface area contributed by atoms with Crippen LogP contribution in [0.25, 0.3) is 0 Å². The molecular weight excluding hydrogens is 381 g/mol. The molecule has 1 N–H and O–H groups in total. The van der Waals surface area contributed by atoms with E-state index in [1.165, 1.54) is 17.5 Å². The van der Waals surface area contributed by atoms with E-state index in [4.69, 9.17) is 0 Å². The predicted molar refractivity (Wildman–Crippen MR) is 118 cm³/mol. The Balaban J connectivity index is 0.00000338. The highest BCUT2D eigenvalue weighted by molar-refractivity contribution is 5.85. The summed E-state index contributed by atoms with van der Waals surface area (Å²) >= 11 is 0. The first-order valence-corrected chi connectivity index (χ1v) is 10.0. The second-order valence-electron chi connectivity index (χ2n) is 8.03. The Hall–Kier alpha value is -0.770. The topological polar surface area (TPSA) is 40.5 Å². The van der Waals surface area contributed by atoms with Crippen molar-refractivity contribution < 1.29 is 9.90 Å². The maximum absolute atomic E-state index is 11.6. The van der Waals surface area contributed by atoms with Crippen LogP contribution in [0.15, 0.2) is 24.3 Å². The first-order valence-electron chi connectivity index (χ1n) is 10.0. The van der Waals surface area contributed by atoms with Crippen molar-refractivity contribution in [2.24, 2.45) is 11.8 Å². The first-order chi connectivity index (χ1) is 12.0. The van der Waals surface area contributed by atoms with E-state index in [2.05, 4.69) is 49.9 Å². The predicted octanol–water partition coefficient (Wildman–Crippen LogP) is 5.97. The van der Waals surface area contributed by atoms with Crippen molar-refractivity contribution in [1.29, 1.82) is 0 Å². The molecule has 0 saturated heterocycles. The molecular formula is C22H37Cl2NO2. The second-order valence-corrected chi connectivity index (χ2v) is 8.03. The molecule has 0 bridgehead atoms. The number of carboxylic acid groups (broad SMARTS) is 1. The molecule has 2 atom stereocenters. The summed E-state index contributed by atoms with van der Waals surface area (Å²) in [7, 11) is 0. The highest BCUT2D eigenvalue weighted by Gasteiger charge is 2.27. The lowest BCUT2D eigenvalue weighted by molar-refractivity contribution is -0.142. The van der Waals surface area contributed by atoms with Crippen molar-refractivity contribution in [3.8, 4) is 0 Å². The number of rotatable bonds is 10. The zero-order valence-corrected chi connectivity index (χ0v) is 18.7. The summed E-state index contributed by atoms with van der Waals surface area (Å²) < 4.78 is 0. The minimum absolute atomic E-state index is 0. The molecule has 1 aromatic rings. The van der Waals surface area contributed by atoms with Gasteiger partial charge >= 0.3 is 5.97 Å². The molecule has 2 rings (SSSR count). The van der Waals surface area contributed by atoms with Crippen LogP contribution in [0.3, 0.4) is 0 Å². The van der Waals surface area contributed by atoms with Crippen LogP contribution >= 0.6 is 24.8 Å². The summed E-state index contributed by atoms with van der Waals surface area (Å²) in [4.78, 5) is 14.2. The minimum Gasteiger partial charge on any atom is -0.481 e. The van der Waals surface area contributed by atoms with Crippen LogP contribution in [0.5, 0.6) is 0 Å². The maximum atomic E-state index is 11.6. The zero-order valence-electron chi connectivity index (χ0n) is 17.0. The molecule has 1 aliphatic heterocycles. The molecule has 27 heavy (non-hydrogen) atoms. The van der Waals surface area contributed by atoms with Crippen molar-refractivity contribution in [3.63, 3.8) is 0 Å². The molecule has 0 aliphatic carbocycles. The van der Waals surface area contributed by atoms with Crippen molar-refractivity contribution in [1.82, 2.24) is 4.90 Å². The Labute approximate surface area is 177 Å². The van der Waals surface area contributed by atoms with E-state index in [0.29, 0.717) is 12.0 Å². The summed E-state index contributed by atoms with van der Waals surface area (Å²) in [6.45, 7) is 8.81. The Morgan fingerprint density at radius 3 is 2.41 bits per heavy atom. The highest BCUT2D eigenvalue weighted by atomic mass is 35.5. The molecule has 3 nitrogen and oxygen atoms in total. The molecule has 2 unspecified atom stereocenters. The van der Waals surface area contributed by atoms with Gasteiger partial charge in [-0.2, -0.15) is 0 Å². The van der Waals surface area contributed by atoms with Crippen LogP contribution in [-0.4, -0.2) is 28.6 Å². The molecule has 156 valence electrons. The van der Waals surface area contributed by atoms with Gasteiger partial charge in [0, 0.05) is 12.6 Å². The van der Waals surface area contributed by atoms with Gasteiger partial charge in [0.25, 0.3) is 0 Å². The average Bonchev–Trinajstić information content (AvgIpc) is 2.59. The van der Waals surface area contributed by atoms with E-state index in [9.17, 15) is 9.90 Å². The number of aliphatic carboxylic acids is 1. The molecule has 0 fully saturated rings. The van der Waals surface area contributed by atoms with Crippen LogP contribution in [0.2, 0.25) is 0 Å². The van der Waals surface area contributed by atoms with Gasteiger partial charge in [0.2, 0.25) is 0 Å². The van der Waals surface area contributed by atoms with Crippen LogP contribution in [-0.2, 0) is 17.8 Å². The van der Waals surface area contributed by atoms with E-state index in [0.717, 1.165) is 51.6 Å². The smallest absolute Gasteiger partial charge is 0.306 e. The van der Waals surface area contributed by atoms with Gasteiger partial charge < -0.3 is 5.11 Å². The fourth-order valence-corrected chi connectivity index (χ4v) is 3.85. The molecule has 0 spiro atoms. The first kappa shape index (κ1) is 26.2. The molecule has 1 heterocycles. The number of carbonyl (C=O) groups is 1. The number of halogens is 2. The van der Waals surface area contributed by atoms with Gasteiger partial charge in [0.15, 0.2) is 0 Å². The normalized spacial score (nSPS) is 17.6. The summed E-state index contributed by atoms with van der Waals surface area (Å²) in [5.74, 6) is -0.0865. The molecule has 1 aliphatic rings. The lowest BCUT2D eigenvalue weighted by Crippen LogP contribution is -2.41. The van der Waals surface area contributed by atoms with Gasteiger partial charge in [-0.15, -0.1) is 24.8 Å². The monoisotopic (exact) mass is 417 g/mol. The van der Waals surface area contributed by atoms with Gasteiger partial charge in [0.1, 0.15) is 0 Å². The van der Waals surface area contributed by atoms with E-state index >= 15 is 0 Å². The van der Waals surface area contributed by atoms with Gasteiger partial charge in [0.05, 0.1) is 5.92 Å². The highest BCUT2D eigenvalue weighted by Crippen LogP contribution is 2.28. The fraction of sp³-hybridized carbons (Fsp3) is 0.682. The van der Waals surface area contributed by atoms with E-state index in [1.807, 2.05) is 0 Å². The number of benzene rings is 1. The maximum Gasteiger partial charge on any atom is 0.306 e. The number of hydrogen-bond acceptors (Lipinski definition) is 2. The third kappa shape index (κ3) is 8.41. The van der Waals surface area contributed by atoms with Gasteiger partial charge in [-0.1, -0.05) is 57.9 Å². The van der Waals surface area contributed by atoms with Crippen LogP contribution in [0.1, 0.15) is 70.4 Å². The van der Waals surface area contributed by atoms with Crippen LogP contribution in [0.4, 0.5) is 0 Å². The third-order valence-electron chi connectivity index (χ3n) is 5.56. The van der Waals surface area contributed by atoms with Gasteiger partial charge in [-0.3, -0.25) is 9.69 Å². The van der Waals surface area contributed by atoms with Crippen LogP contribution < -0.4 is 0 Å². The largest absolute Gasteiger partial charge is 0.481 e. The van der Waals surface area contributed by atoms with Crippen molar-refractivity contribution >= 4 is 30.8 Å². The average molecular weight is 418 g/mol. The zero-order chi connectivity index (χ0) is 18.2. The summed E-state index contributed by atoms with van der Waals surface area (Å²) in [6, 6.07) is 9.23. The number of fused-ring (bicyclic) bond motifs is 1. The molecule has 0 aromatic heterocycles. The lowest BCUT2D eigenvalue weighted by Gasteiger charge is -2.38. The standard InChI is InChI=1S/C22H35NO2.2ClH/c1-4-5-8-18(22(24)25)11-12-21-15-19-9-6-7-10-20(19)16-23(21)14-13-17(2)3;;/h6-7,9-10,17-18,21H,4-5,8,11-16H2,1-3H3,(H,24,25);2*1H. The summed E-state index contributed by atoms with van der Waals surface area (Å²) in [5.41, 5.74) is 2.90.